The normalized spacial score (nSPS) is 10.3. The summed E-state index contributed by atoms with van der Waals surface area (Å²) in [6.45, 7) is 0.303. The van der Waals surface area contributed by atoms with Crippen LogP contribution in [0.2, 0.25) is 5.02 Å². The van der Waals surface area contributed by atoms with Crippen LogP contribution in [0, 0.1) is 5.82 Å². The van der Waals surface area contributed by atoms with Gasteiger partial charge in [0, 0.05) is 29.0 Å². The van der Waals surface area contributed by atoms with Crippen LogP contribution in [0.15, 0.2) is 66.9 Å². The highest BCUT2D eigenvalue weighted by Gasteiger charge is 2.12. The number of benzene rings is 2. The van der Waals surface area contributed by atoms with E-state index in [9.17, 15) is 14.0 Å². The molecule has 0 aliphatic heterocycles. The number of nitrogens with zero attached hydrogens (tertiary/aromatic N) is 1. The minimum Gasteiger partial charge on any atom is -0.347 e. The van der Waals surface area contributed by atoms with Crippen molar-refractivity contribution in [2.24, 2.45) is 0 Å². The van der Waals surface area contributed by atoms with E-state index in [2.05, 4.69) is 15.6 Å². The van der Waals surface area contributed by atoms with Gasteiger partial charge in [-0.25, -0.2) is 4.39 Å². The molecule has 0 fully saturated rings. The quantitative estimate of drug-likeness (QED) is 0.698. The molecular weight excluding hydrogens is 369 g/mol. The lowest BCUT2D eigenvalue weighted by molar-refractivity contribution is 0.0946. The molecule has 0 unspecified atom stereocenters. The molecule has 0 saturated carbocycles. The maximum absolute atomic E-state index is 13.2. The van der Waals surface area contributed by atoms with Gasteiger partial charge in [0.25, 0.3) is 11.8 Å². The second-order valence-corrected chi connectivity index (χ2v) is 6.14. The molecule has 2 N–H and O–H groups in total. The Morgan fingerprint density at radius 3 is 2.52 bits per heavy atom. The van der Waals surface area contributed by atoms with Crippen LogP contribution in [0.1, 0.15) is 26.4 Å². The maximum Gasteiger partial charge on any atom is 0.270 e. The Balaban J connectivity index is 1.66. The Morgan fingerprint density at radius 2 is 1.78 bits per heavy atom. The zero-order valence-electron chi connectivity index (χ0n) is 14.1. The van der Waals surface area contributed by atoms with Crippen molar-refractivity contribution in [3.63, 3.8) is 0 Å². The summed E-state index contributed by atoms with van der Waals surface area (Å²) >= 11 is 5.83. The van der Waals surface area contributed by atoms with E-state index in [-0.39, 0.29) is 11.3 Å². The number of carbonyl (C=O) groups excluding carboxylic acids is 2. The maximum atomic E-state index is 13.2. The number of aromatic nitrogens is 1. The largest absolute Gasteiger partial charge is 0.347 e. The first kappa shape index (κ1) is 18.5. The van der Waals surface area contributed by atoms with Gasteiger partial charge in [0.15, 0.2) is 0 Å². The van der Waals surface area contributed by atoms with Crippen molar-refractivity contribution < 1.29 is 14.0 Å². The Morgan fingerprint density at radius 1 is 1.00 bits per heavy atom. The molecule has 0 radical (unpaired) electrons. The van der Waals surface area contributed by atoms with Crippen molar-refractivity contribution in [1.29, 1.82) is 0 Å². The topological polar surface area (TPSA) is 71.1 Å². The van der Waals surface area contributed by atoms with Gasteiger partial charge in [-0.1, -0.05) is 29.8 Å². The van der Waals surface area contributed by atoms with Gasteiger partial charge in [-0.05, 0) is 48.0 Å². The molecule has 3 aromatic rings. The summed E-state index contributed by atoms with van der Waals surface area (Å²) in [5, 5.41) is 5.92. The monoisotopic (exact) mass is 383 g/mol. The summed E-state index contributed by atoms with van der Waals surface area (Å²) in [6, 6.07) is 15.5. The first-order valence-electron chi connectivity index (χ1n) is 8.07. The molecule has 2 amide bonds. The highest BCUT2D eigenvalue weighted by atomic mass is 35.5. The Hall–Kier alpha value is -3.25. The molecular formula is C20H15ClFN3O2. The second kappa shape index (κ2) is 8.42. The summed E-state index contributed by atoms with van der Waals surface area (Å²) in [4.78, 5) is 28.6. The first-order valence-corrected chi connectivity index (χ1v) is 8.45. The van der Waals surface area contributed by atoms with Crippen LogP contribution in [0.3, 0.4) is 0 Å². The molecule has 2 aromatic carbocycles. The molecule has 0 aliphatic carbocycles. The molecule has 0 atom stereocenters. The lowest BCUT2D eigenvalue weighted by atomic mass is 10.2. The molecule has 1 heterocycles. The van der Waals surface area contributed by atoms with Crippen molar-refractivity contribution in [1.82, 2.24) is 10.3 Å². The van der Waals surface area contributed by atoms with E-state index in [1.807, 2.05) is 0 Å². The fraction of sp³-hybridized carbons (Fsp3) is 0.0500. The summed E-state index contributed by atoms with van der Waals surface area (Å²) in [6.07, 6.45) is 1.37. The van der Waals surface area contributed by atoms with Gasteiger partial charge in [0.2, 0.25) is 0 Å². The number of halogens is 2. The molecule has 3 rings (SSSR count). The van der Waals surface area contributed by atoms with Gasteiger partial charge in [-0.3, -0.25) is 14.6 Å². The fourth-order valence-corrected chi connectivity index (χ4v) is 2.47. The smallest absolute Gasteiger partial charge is 0.270 e. The van der Waals surface area contributed by atoms with E-state index in [0.29, 0.717) is 17.3 Å². The zero-order valence-corrected chi connectivity index (χ0v) is 14.8. The van der Waals surface area contributed by atoms with Crippen LogP contribution in [0.25, 0.3) is 0 Å². The van der Waals surface area contributed by atoms with Crippen molar-refractivity contribution in [3.8, 4) is 0 Å². The van der Waals surface area contributed by atoms with E-state index < -0.39 is 17.6 Å². The molecule has 27 heavy (non-hydrogen) atoms. The number of rotatable bonds is 5. The number of amides is 2. The number of carbonyl (C=O) groups is 2. The van der Waals surface area contributed by atoms with Crippen LogP contribution in [0.4, 0.5) is 10.1 Å². The number of hydrogen-bond donors (Lipinski definition) is 2. The highest BCUT2D eigenvalue weighted by molar-refractivity contribution is 6.30. The SMILES string of the molecule is O=C(Nc1cccc(F)c1)c1ccnc(C(=O)NCc2ccc(Cl)cc2)c1. The molecule has 0 aliphatic rings. The van der Waals surface area contributed by atoms with E-state index in [1.165, 1.54) is 36.5 Å². The van der Waals surface area contributed by atoms with Crippen LogP contribution >= 0.6 is 11.6 Å². The van der Waals surface area contributed by atoms with Gasteiger partial charge in [0.05, 0.1) is 0 Å². The standard InChI is InChI=1S/C20H15ClFN3O2/c21-15-6-4-13(5-7-15)12-24-20(27)18-10-14(8-9-23-18)19(26)25-17-3-1-2-16(22)11-17/h1-11H,12H2,(H,24,27)(H,25,26). The van der Waals surface area contributed by atoms with Crippen molar-refractivity contribution in [2.75, 3.05) is 5.32 Å². The molecule has 0 spiro atoms. The van der Waals surface area contributed by atoms with Gasteiger partial charge < -0.3 is 10.6 Å². The van der Waals surface area contributed by atoms with E-state index >= 15 is 0 Å². The Bertz CT molecular complexity index is 977. The van der Waals surface area contributed by atoms with E-state index in [0.717, 1.165) is 5.56 Å². The van der Waals surface area contributed by atoms with Crippen LogP contribution in [0.5, 0.6) is 0 Å². The number of nitrogens with one attached hydrogen (secondary N) is 2. The van der Waals surface area contributed by atoms with Crippen LogP contribution in [-0.2, 0) is 6.54 Å². The Kier molecular flexibility index (Phi) is 5.78. The number of anilines is 1. The van der Waals surface area contributed by atoms with Gasteiger partial charge in [-0.15, -0.1) is 0 Å². The van der Waals surface area contributed by atoms with Gasteiger partial charge in [0.1, 0.15) is 11.5 Å². The fourth-order valence-electron chi connectivity index (χ4n) is 2.34. The minimum absolute atomic E-state index is 0.107. The minimum atomic E-state index is -0.463. The van der Waals surface area contributed by atoms with Gasteiger partial charge >= 0.3 is 0 Å². The predicted octanol–water partition coefficient (Wildman–Crippen LogP) is 4.06. The zero-order chi connectivity index (χ0) is 19.2. The molecule has 5 nitrogen and oxygen atoms in total. The Labute approximate surface area is 160 Å². The third-order valence-electron chi connectivity index (χ3n) is 3.70. The lowest BCUT2D eigenvalue weighted by Crippen LogP contribution is -2.24. The molecule has 0 saturated heterocycles. The molecule has 7 heteroatoms. The first-order chi connectivity index (χ1) is 13.0. The average Bonchev–Trinajstić information content (AvgIpc) is 2.67. The lowest BCUT2D eigenvalue weighted by Gasteiger charge is -2.08. The van der Waals surface area contributed by atoms with E-state index in [1.54, 1.807) is 30.3 Å². The third-order valence-corrected chi connectivity index (χ3v) is 3.96. The van der Waals surface area contributed by atoms with Crippen molar-refractivity contribution >= 4 is 29.1 Å². The average molecular weight is 384 g/mol. The predicted molar refractivity (Wildman–Crippen MR) is 101 cm³/mol. The molecule has 136 valence electrons. The molecule has 1 aromatic heterocycles. The van der Waals surface area contributed by atoms with Crippen LogP contribution < -0.4 is 10.6 Å². The molecule has 0 bridgehead atoms. The number of hydrogen-bond acceptors (Lipinski definition) is 3. The summed E-state index contributed by atoms with van der Waals surface area (Å²) in [5.41, 5.74) is 1.56. The van der Waals surface area contributed by atoms with Crippen molar-refractivity contribution in [3.05, 3.63) is 94.5 Å². The summed E-state index contributed by atoms with van der Waals surface area (Å²) in [7, 11) is 0. The highest BCUT2D eigenvalue weighted by Crippen LogP contribution is 2.12. The summed E-state index contributed by atoms with van der Waals surface area (Å²) < 4.78 is 13.2. The van der Waals surface area contributed by atoms with E-state index in [4.69, 9.17) is 11.6 Å². The van der Waals surface area contributed by atoms with Crippen LogP contribution in [-0.4, -0.2) is 16.8 Å². The second-order valence-electron chi connectivity index (χ2n) is 5.70. The third kappa shape index (κ3) is 5.12. The van der Waals surface area contributed by atoms with Crippen molar-refractivity contribution in [2.45, 2.75) is 6.54 Å². The summed E-state index contributed by atoms with van der Waals surface area (Å²) in [5.74, 6) is -1.33. The number of pyridine rings is 1. The van der Waals surface area contributed by atoms with Gasteiger partial charge in [-0.2, -0.15) is 0 Å².